The fraction of sp³-hybridized carbons (Fsp3) is 0.0435. The molecule has 1 aliphatic carbocycles. The molecule has 2 aromatic carbocycles. The van der Waals surface area contributed by atoms with Crippen LogP contribution in [0.15, 0.2) is 89.7 Å². The Morgan fingerprint density at radius 2 is 1.63 bits per heavy atom. The van der Waals surface area contributed by atoms with E-state index >= 15 is 0 Å². The number of carbonyl (C=O) groups is 1. The van der Waals surface area contributed by atoms with Crippen LogP contribution >= 0.6 is 0 Å². The summed E-state index contributed by atoms with van der Waals surface area (Å²) >= 11 is 0. The highest BCUT2D eigenvalue weighted by molar-refractivity contribution is 5.84. The molecule has 1 N–H and O–H groups in total. The molecule has 0 amide bonds. The van der Waals surface area contributed by atoms with Crippen LogP contribution in [0, 0.1) is 0 Å². The van der Waals surface area contributed by atoms with Crippen molar-refractivity contribution < 1.29 is 14.3 Å². The van der Waals surface area contributed by atoms with E-state index in [2.05, 4.69) is 57.9 Å². The molecule has 0 bridgehead atoms. The van der Waals surface area contributed by atoms with Crippen LogP contribution in [0.4, 0.5) is 0 Å². The van der Waals surface area contributed by atoms with Gasteiger partial charge in [-0.1, -0.05) is 48.5 Å². The summed E-state index contributed by atoms with van der Waals surface area (Å²) in [6.07, 6.45) is 4.19. The predicted molar refractivity (Wildman–Crippen MR) is 104 cm³/mol. The molecule has 5 rings (SSSR count). The van der Waals surface area contributed by atoms with Crippen molar-refractivity contribution in [1.82, 2.24) is 4.98 Å². The molecule has 4 heteroatoms. The number of furan rings is 1. The van der Waals surface area contributed by atoms with Crippen molar-refractivity contribution in [1.29, 1.82) is 0 Å². The molecular weight excluding hydrogens is 338 g/mol. The SMILES string of the molecule is O=C(O)c1ccco1.c1ccc(-c2cccc3c2Cc2ccccc2-3)nc1. The van der Waals surface area contributed by atoms with E-state index in [1.165, 1.54) is 46.2 Å². The summed E-state index contributed by atoms with van der Waals surface area (Å²) in [7, 11) is 0. The second kappa shape index (κ2) is 7.30. The number of carboxylic acids is 1. The first-order valence-corrected chi connectivity index (χ1v) is 8.62. The minimum absolute atomic E-state index is 0.0231. The molecule has 0 unspecified atom stereocenters. The van der Waals surface area contributed by atoms with Gasteiger partial charge in [0, 0.05) is 11.8 Å². The molecule has 27 heavy (non-hydrogen) atoms. The van der Waals surface area contributed by atoms with Gasteiger partial charge in [0.15, 0.2) is 0 Å². The third kappa shape index (κ3) is 3.37. The monoisotopic (exact) mass is 355 g/mol. The molecule has 0 atom stereocenters. The van der Waals surface area contributed by atoms with Crippen molar-refractivity contribution in [3.8, 4) is 22.4 Å². The van der Waals surface area contributed by atoms with E-state index in [0.717, 1.165) is 12.1 Å². The van der Waals surface area contributed by atoms with Crippen molar-refractivity contribution in [2.45, 2.75) is 6.42 Å². The molecule has 2 heterocycles. The number of benzene rings is 2. The third-order valence-electron chi connectivity index (χ3n) is 4.52. The number of aromatic carboxylic acids is 1. The van der Waals surface area contributed by atoms with Gasteiger partial charge in [0.05, 0.1) is 12.0 Å². The summed E-state index contributed by atoms with van der Waals surface area (Å²) in [6.45, 7) is 0. The predicted octanol–water partition coefficient (Wildman–Crippen LogP) is 5.30. The average Bonchev–Trinajstić information content (AvgIpc) is 3.37. The molecule has 132 valence electrons. The van der Waals surface area contributed by atoms with E-state index in [9.17, 15) is 4.79 Å². The highest BCUT2D eigenvalue weighted by atomic mass is 16.4. The Morgan fingerprint density at radius 1 is 0.852 bits per heavy atom. The van der Waals surface area contributed by atoms with Crippen molar-refractivity contribution in [3.63, 3.8) is 0 Å². The van der Waals surface area contributed by atoms with Gasteiger partial charge in [-0.3, -0.25) is 4.98 Å². The van der Waals surface area contributed by atoms with Crippen molar-refractivity contribution in [2.75, 3.05) is 0 Å². The van der Waals surface area contributed by atoms with Gasteiger partial charge in [0.1, 0.15) is 0 Å². The Labute approximate surface area is 156 Å². The molecule has 0 fully saturated rings. The van der Waals surface area contributed by atoms with Crippen LogP contribution in [0.25, 0.3) is 22.4 Å². The molecule has 0 saturated heterocycles. The zero-order valence-corrected chi connectivity index (χ0v) is 14.5. The van der Waals surface area contributed by atoms with Gasteiger partial charge in [0.25, 0.3) is 0 Å². The van der Waals surface area contributed by atoms with Crippen LogP contribution in [0.1, 0.15) is 21.7 Å². The van der Waals surface area contributed by atoms with Crippen LogP contribution in [0.2, 0.25) is 0 Å². The lowest BCUT2D eigenvalue weighted by Crippen LogP contribution is -1.90. The summed E-state index contributed by atoms with van der Waals surface area (Å²) in [5, 5.41) is 8.18. The number of hydrogen-bond acceptors (Lipinski definition) is 3. The summed E-state index contributed by atoms with van der Waals surface area (Å²) in [6, 6.07) is 24.2. The van der Waals surface area contributed by atoms with E-state index in [1.54, 1.807) is 0 Å². The summed E-state index contributed by atoms with van der Waals surface area (Å²) < 4.78 is 4.50. The molecule has 4 aromatic rings. The Bertz CT molecular complexity index is 1070. The summed E-state index contributed by atoms with van der Waals surface area (Å²) in [5.41, 5.74) is 7.87. The van der Waals surface area contributed by atoms with Crippen molar-refractivity contribution in [3.05, 3.63) is 102 Å². The van der Waals surface area contributed by atoms with E-state index in [0.29, 0.717) is 0 Å². The van der Waals surface area contributed by atoms with Crippen LogP contribution in [0.3, 0.4) is 0 Å². The number of hydrogen-bond donors (Lipinski definition) is 1. The minimum atomic E-state index is -1.03. The second-order valence-electron chi connectivity index (χ2n) is 6.16. The average molecular weight is 355 g/mol. The Balaban J connectivity index is 0.000000190. The summed E-state index contributed by atoms with van der Waals surface area (Å²) in [4.78, 5) is 14.5. The van der Waals surface area contributed by atoms with Gasteiger partial charge in [0.2, 0.25) is 5.76 Å². The molecule has 0 spiro atoms. The fourth-order valence-electron chi connectivity index (χ4n) is 3.32. The lowest BCUT2D eigenvalue weighted by atomic mass is 9.99. The molecule has 0 radical (unpaired) electrons. The van der Waals surface area contributed by atoms with Gasteiger partial charge in [-0.05, 0) is 52.9 Å². The van der Waals surface area contributed by atoms with Gasteiger partial charge in [-0.2, -0.15) is 0 Å². The molecule has 0 saturated carbocycles. The highest BCUT2D eigenvalue weighted by Crippen LogP contribution is 2.40. The lowest BCUT2D eigenvalue weighted by Gasteiger charge is -2.07. The molecular formula is C23H17NO3. The normalized spacial score (nSPS) is 11.1. The Morgan fingerprint density at radius 3 is 2.33 bits per heavy atom. The topological polar surface area (TPSA) is 63.3 Å². The lowest BCUT2D eigenvalue weighted by molar-refractivity contribution is 0.0662. The second-order valence-corrected chi connectivity index (χ2v) is 6.16. The maximum atomic E-state index is 9.97. The van der Waals surface area contributed by atoms with Crippen LogP contribution in [-0.4, -0.2) is 16.1 Å². The third-order valence-corrected chi connectivity index (χ3v) is 4.52. The first-order valence-electron chi connectivity index (χ1n) is 8.62. The van der Waals surface area contributed by atoms with E-state index in [4.69, 9.17) is 5.11 Å². The molecule has 0 aliphatic heterocycles. The zero-order valence-electron chi connectivity index (χ0n) is 14.5. The number of rotatable bonds is 2. The first-order chi connectivity index (χ1) is 13.2. The van der Waals surface area contributed by atoms with Gasteiger partial charge < -0.3 is 9.52 Å². The number of nitrogens with zero attached hydrogens (tertiary/aromatic N) is 1. The standard InChI is InChI=1S/C18H13N.C5H4O3/c1-2-7-14-13(6-1)12-17-15(14)8-5-9-16(17)18-10-3-4-11-19-18;6-5(7)4-2-1-3-8-4/h1-11H,12H2;1-3H,(H,6,7). The van der Waals surface area contributed by atoms with Gasteiger partial charge in [-0.15, -0.1) is 0 Å². The number of fused-ring (bicyclic) bond motifs is 3. The zero-order chi connectivity index (χ0) is 18.6. The van der Waals surface area contributed by atoms with Gasteiger partial charge in [-0.25, -0.2) is 4.79 Å². The van der Waals surface area contributed by atoms with E-state index < -0.39 is 5.97 Å². The fourth-order valence-corrected chi connectivity index (χ4v) is 3.32. The highest BCUT2D eigenvalue weighted by Gasteiger charge is 2.21. The van der Waals surface area contributed by atoms with Gasteiger partial charge >= 0.3 is 5.97 Å². The summed E-state index contributed by atoms with van der Waals surface area (Å²) in [5.74, 6) is -1.06. The maximum absolute atomic E-state index is 9.97. The molecule has 1 aliphatic rings. The van der Waals surface area contributed by atoms with Crippen LogP contribution < -0.4 is 0 Å². The largest absolute Gasteiger partial charge is 0.475 e. The van der Waals surface area contributed by atoms with E-state index in [-0.39, 0.29) is 5.76 Å². The maximum Gasteiger partial charge on any atom is 0.371 e. The minimum Gasteiger partial charge on any atom is -0.475 e. The quantitative estimate of drug-likeness (QED) is 0.467. The number of pyridine rings is 1. The first kappa shape index (κ1) is 16.8. The number of carboxylic acid groups (broad SMARTS) is 1. The van der Waals surface area contributed by atoms with E-state index in [1.807, 2.05) is 18.3 Å². The Kier molecular flexibility index (Phi) is 4.54. The van der Waals surface area contributed by atoms with Crippen molar-refractivity contribution >= 4 is 5.97 Å². The molecule has 2 aromatic heterocycles. The molecule has 4 nitrogen and oxygen atoms in total. The Hall–Kier alpha value is -3.66. The van der Waals surface area contributed by atoms with Crippen molar-refractivity contribution in [2.24, 2.45) is 0 Å². The smallest absolute Gasteiger partial charge is 0.371 e. The number of aromatic nitrogens is 1. The van der Waals surface area contributed by atoms with Crippen LogP contribution in [0.5, 0.6) is 0 Å². The van der Waals surface area contributed by atoms with Crippen LogP contribution in [-0.2, 0) is 6.42 Å².